The molecule has 0 fully saturated rings. The first-order chi connectivity index (χ1) is 11.3. The van der Waals surface area contributed by atoms with E-state index in [4.69, 9.17) is 4.74 Å². The van der Waals surface area contributed by atoms with E-state index in [1.54, 1.807) is 13.8 Å². The van der Waals surface area contributed by atoms with Crippen molar-refractivity contribution >= 4 is 23.8 Å². The van der Waals surface area contributed by atoms with Crippen LogP contribution in [-0.4, -0.2) is 33.7 Å². The molecule has 1 N–H and O–H groups in total. The number of aromatic nitrogens is 2. The second-order valence-corrected chi connectivity index (χ2v) is 5.26. The number of ether oxygens (including phenoxy) is 1. The van der Waals surface area contributed by atoms with Gasteiger partial charge in [0, 0.05) is 20.5 Å². The van der Waals surface area contributed by atoms with E-state index in [1.165, 1.54) is 35.8 Å². The van der Waals surface area contributed by atoms with E-state index in [2.05, 4.69) is 5.43 Å². The van der Waals surface area contributed by atoms with Crippen LogP contribution in [-0.2, 0) is 28.4 Å². The van der Waals surface area contributed by atoms with E-state index in [1.807, 2.05) is 0 Å². The summed E-state index contributed by atoms with van der Waals surface area (Å²) in [5, 5.41) is 1.21. The predicted molar refractivity (Wildman–Crippen MR) is 87.3 cm³/mol. The van der Waals surface area contributed by atoms with Gasteiger partial charge < -0.3 is 4.74 Å². The highest BCUT2D eigenvalue weighted by molar-refractivity contribution is 5.89. The molecule has 1 aliphatic heterocycles. The summed E-state index contributed by atoms with van der Waals surface area (Å²) >= 11 is 0. The molecule has 9 nitrogen and oxygen atoms in total. The molecule has 1 unspecified atom stereocenters. The van der Waals surface area contributed by atoms with Gasteiger partial charge in [-0.25, -0.2) is 9.59 Å². The smallest absolute Gasteiger partial charge is 0.334 e. The van der Waals surface area contributed by atoms with Crippen LogP contribution >= 0.6 is 0 Å². The Bertz CT molecular complexity index is 820. The van der Waals surface area contributed by atoms with Crippen LogP contribution in [0.3, 0.4) is 0 Å². The SMILES string of the molecule is CCOC(=O)C1C=Cc2c(n(C)c(=O)n(C)c2=O)N1NC(=O)CC. The molecule has 1 amide bonds. The fourth-order valence-electron chi connectivity index (χ4n) is 2.45. The summed E-state index contributed by atoms with van der Waals surface area (Å²) in [6.07, 6.45) is 3.10. The molecule has 1 atom stereocenters. The van der Waals surface area contributed by atoms with Crippen molar-refractivity contribution in [3.8, 4) is 0 Å². The molecule has 0 aromatic carbocycles. The number of esters is 1. The Hall–Kier alpha value is -2.84. The highest BCUT2D eigenvalue weighted by atomic mass is 16.5. The zero-order chi connectivity index (χ0) is 18.0. The normalized spacial score (nSPS) is 15.8. The molecule has 130 valence electrons. The maximum absolute atomic E-state index is 12.3. The molecule has 0 saturated heterocycles. The third-order valence-corrected chi connectivity index (χ3v) is 3.71. The van der Waals surface area contributed by atoms with E-state index in [0.29, 0.717) is 0 Å². The van der Waals surface area contributed by atoms with E-state index in [-0.39, 0.29) is 30.3 Å². The van der Waals surface area contributed by atoms with Gasteiger partial charge in [0.25, 0.3) is 5.56 Å². The lowest BCUT2D eigenvalue weighted by atomic mass is 10.1. The number of anilines is 1. The fraction of sp³-hybridized carbons (Fsp3) is 0.467. The first kappa shape index (κ1) is 17.5. The molecular formula is C15H20N4O5. The fourth-order valence-corrected chi connectivity index (χ4v) is 2.45. The molecule has 0 bridgehead atoms. The van der Waals surface area contributed by atoms with Crippen LogP contribution < -0.4 is 21.7 Å². The number of fused-ring (bicyclic) bond motifs is 1. The number of carbonyl (C=O) groups excluding carboxylic acids is 2. The molecule has 24 heavy (non-hydrogen) atoms. The van der Waals surface area contributed by atoms with E-state index in [9.17, 15) is 19.2 Å². The van der Waals surface area contributed by atoms with Gasteiger partial charge >= 0.3 is 11.7 Å². The molecule has 0 aliphatic carbocycles. The minimum atomic E-state index is -0.967. The zero-order valence-electron chi connectivity index (χ0n) is 14.0. The third-order valence-electron chi connectivity index (χ3n) is 3.71. The summed E-state index contributed by atoms with van der Waals surface area (Å²) in [6.45, 7) is 3.48. The summed E-state index contributed by atoms with van der Waals surface area (Å²) < 4.78 is 7.19. The van der Waals surface area contributed by atoms with E-state index < -0.39 is 23.3 Å². The van der Waals surface area contributed by atoms with E-state index >= 15 is 0 Å². The van der Waals surface area contributed by atoms with Crippen molar-refractivity contribution in [3.63, 3.8) is 0 Å². The lowest BCUT2D eigenvalue weighted by Crippen LogP contribution is -2.56. The van der Waals surface area contributed by atoms with Gasteiger partial charge in [-0.2, -0.15) is 0 Å². The minimum Gasteiger partial charge on any atom is -0.464 e. The minimum absolute atomic E-state index is 0.144. The zero-order valence-corrected chi connectivity index (χ0v) is 14.0. The van der Waals surface area contributed by atoms with Gasteiger partial charge in [0.05, 0.1) is 12.2 Å². The maximum Gasteiger partial charge on any atom is 0.334 e. The summed E-state index contributed by atoms with van der Waals surface area (Å²) in [5.74, 6) is -0.812. The topological polar surface area (TPSA) is 103 Å². The second-order valence-electron chi connectivity index (χ2n) is 5.26. The lowest BCUT2D eigenvalue weighted by Gasteiger charge is -2.34. The van der Waals surface area contributed by atoms with Crippen molar-refractivity contribution < 1.29 is 14.3 Å². The Morgan fingerprint density at radius 3 is 2.46 bits per heavy atom. The molecule has 2 rings (SSSR count). The monoisotopic (exact) mass is 336 g/mol. The van der Waals surface area contributed by atoms with Gasteiger partial charge in [-0.05, 0) is 19.1 Å². The van der Waals surface area contributed by atoms with Crippen molar-refractivity contribution in [1.29, 1.82) is 0 Å². The standard InChI is InChI=1S/C15H20N4O5/c1-5-11(20)16-19-10(14(22)24-6-2)8-7-9-12(19)17(3)15(23)18(4)13(9)21/h7-8,10H,5-6H2,1-4H3,(H,16,20). The van der Waals surface area contributed by atoms with Crippen molar-refractivity contribution in [2.45, 2.75) is 26.3 Å². The van der Waals surface area contributed by atoms with Crippen molar-refractivity contribution in [2.24, 2.45) is 14.1 Å². The average molecular weight is 336 g/mol. The second kappa shape index (κ2) is 6.73. The molecule has 0 saturated carbocycles. The molecule has 0 radical (unpaired) electrons. The highest BCUT2D eigenvalue weighted by Gasteiger charge is 2.34. The Morgan fingerprint density at radius 1 is 1.21 bits per heavy atom. The van der Waals surface area contributed by atoms with Crippen LogP contribution in [0.4, 0.5) is 5.82 Å². The largest absolute Gasteiger partial charge is 0.464 e. The van der Waals surface area contributed by atoms with Crippen LogP contribution in [0, 0.1) is 0 Å². The predicted octanol–water partition coefficient (Wildman–Crippen LogP) is -0.710. The van der Waals surface area contributed by atoms with Crippen molar-refractivity contribution in [2.75, 3.05) is 11.6 Å². The Labute approximate surface area is 138 Å². The number of amides is 1. The quantitative estimate of drug-likeness (QED) is 0.729. The van der Waals surface area contributed by atoms with E-state index in [0.717, 1.165) is 4.57 Å². The third kappa shape index (κ3) is 2.84. The number of nitrogens with one attached hydrogen (secondary N) is 1. The molecule has 0 spiro atoms. The van der Waals surface area contributed by atoms with Gasteiger partial charge in [-0.15, -0.1) is 0 Å². The molecule has 1 aromatic rings. The first-order valence-electron chi connectivity index (χ1n) is 7.57. The number of hydrazine groups is 1. The average Bonchev–Trinajstić information content (AvgIpc) is 2.57. The highest BCUT2D eigenvalue weighted by Crippen LogP contribution is 2.24. The van der Waals surface area contributed by atoms with Crippen LogP contribution in [0.25, 0.3) is 6.08 Å². The summed E-state index contributed by atoms with van der Waals surface area (Å²) in [7, 11) is 2.83. The van der Waals surface area contributed by atoms with Gasteiger partial charge in [-0.3, -0.25) is 29.2 Å². The summed E-state index contributed by atoms with van der Waals surface area (Å²) in [5.41, 5.74) is 1.69. The van der Waals surface area contributed by atoms with Crippen molar-refractivity contribution in [3.05, 3.63) is 32.5 Å². The number of nitrogens with zero attached hydrogens (tertiary/aromatic N) is 3. The Morgan fingerprint density at radius 2 is 1.88 bits per heavy atom. The van der Waals surface area contributed by atoms with Crippen molar-refractivity contribution in [1.82, 2.24) is 14.6 Å². The van der Waals surface area contributed by atoms with Crippen LogP contribution in [0.15, 0.2) is 15.7 Å². The molecule has 1 aromatic heterocycles. The van der Waals surface area contributed by atoms with Gasteiger partial charge in [-0.1, -0.05) is 6.92 Å². The molecule has 2 heterocycles. The first-order valence-corrected chi connectivity index (χ1v) is 7.57. The lowest BCUT2D eigenvalue weighted by molar-refractivity contribution is -0.143. The van der Waals surface area contributed by atoms with Gasteiger partial charge in [0.15, 0.2) is 6.04 Å². The molecular weight excluding hydrogens is 316 g/mol. The van der Waals surface area contributed by atoms with Crippen LogP contribution in [0.5, 0.6) is 0 Å². The maximum atomic E-state index is 12.3. The number of rotatable bonds is 4. The Balaban J connectivity index is 2.67. The summed E-state index contributed by atoms with van der Waals surface area (Å²) in [6, 6.07) is -0.967. The van der Waals surface area contributed by atoms with Crippen LogP contribution in [0.2, 0.25) is 0 Å². The number of hydrogen-bond acceptors (Lipinski definition) is 6. The van der Waals surface area contributed by atoms with Crippen LogP contribution in [0.1, 0.15) is 25.8 Å². The van der Waals surface area contributed by atoms with Gasteiger partial charge in [0.1, 0.15) is 5.82 Å². The number of hydrogen-bond donors (Lipinski definition) is 1. The summed E-state index contributed by atoms with van der Waals surface area (Å²) in [4.78, 5) is 48.6. The molecule has 1 aliphatic rings. The Kier molecular flexibility index (Phi) is 4.91. The molecule has 9 heteroatoms. The van der Waals surface area contributed by atoms with Gasteiger partial charge in [0.2, 0.25) is 5.91 Å². The number of carbonyl (C=O) groups is 2.